The van der Waals surface area contributed by atoms with Gasteiger partial charge < -0.3 is 10.2 Å². The molecule has 1 heterocycles. The molecule has 3 rings (SSSR count). The molecule has 0 fully saturated rings. The molecular formula is C11H7ClN2O. The molecule has 0 unspecified atom stereocenters. The molecule has 0 spiro atoms. The number of oxazole rings is 1. The largest absolute Gasteiger partial charge is 0.423 e. The van der Waals surface area contributed by atoms with Gasteiger partial charge in [-0.05, 0) is 6.07 Å². The molecule has 0 saturated heterocycles. The summed E-state index contributed by atoms with van der Waals surface area (Å²) in [5.74, 6) is 0. The third-order valence-corrected chi connectivity index (χ3v) is 2.68. The van der Waals surface area contributed by atoms with E-state index in [1.54, 1.807) is 6.07 Å². The summed E-state index contributed by atoms with van der Waals surface area (Å²) in [6.45, 7) is 0. The van der Waals surface area contributed by atoms with Crippen LogP contribution in [-0.2, 0) is 0 Å². The summed E-state index contributed by atoms with van der Waals surface area (Å²) >= 11 is 6.12. The van der Waals surface area contributed by atoms with E-state index in [1.165, 1.54) is 0 Å². The number of aromatic nitrogens is 1. The van der Waals surface area contributed by atoms with Crippen LogP contribution in [0.15, 0.2) is 34.7 Å². The smallest absolute Gasteiger partial charge is 0.293 e. The van der Waals surface area contributed by atoms with E-state index in [-0.39, 0.29) is 6.01 Å². The lowest BCUT2D eigenvalue weighted by atomic mass is 10.1. The lowest BCUT2D eigenvalue weighted by Crippen LogP contribution is -1.80. The van der Waals surface area contributed by atoms with E-state index in [0.29, 0.717) is 16.1 Å². The lowest BCUT2D eigenvalue weighted by molar-refractivity contribution is 0.629. The van der Waals surface area contributed by atoms with Gasteiger partial charge in [-0.2, -0.15) is 4.98 Å². The van der Waals surface area contributed by atoms with Gasteiger partial charge >= 0.3 is 0 Å². The molecule has 4 heteroatoms. The zero-order valence-corrected chi connectivity index (χ0v) is 8.45. The molecular weight excluding hydrogens is 212 g/mol. The summed E-state index contributed by atoms with van der Waals surface area (Å²) in [6.07, 6.45) is 0. The van der Waals surface area contributed by atoms with Crippen LogP contribution in [0.3, 0.4) is 0 Å². The van der Waals surface area contributed by atoms with Crippen LogP contribution in [0.2, 0.25) is 5.02 Å². The van der Waals surface area contributed by atoms with Crippen molar-refractivity contribution < 1.29 is 4.42 Å². The van der Waals surface area contributed by atoms with E-state index in [4.69, 9.17) is 21.8 Å². The van der Waals surface area contributed by atoms with Crippen LogP contribution in [0.1, 0.15) is 0 Å². The highest BCUT2D eigenvalue weighted by Gasteiger charge is 2.09. The second kappa shape index (κ2) is 2.87. The van der Waals surface area contributed by atoms with E-state index in [2.05, 4.69) is 4.98 Å². The normalized spacial score (nSPS) is 11.3. The van der Waals surface area contributed by atoms with Crippen LogP contribution in [0, 0.1) is 0 Å². The Labute approximate surface area is 90.5 Å². The highest BCUT2D eigenvalue weighted by Crippen LogP contribution is 2.32. The zero-order valence-electron chi connectivity index (χ0n) is 7.70. The third kappa shape index (κ3) is 1.17. The Morgan fingerprint density at radius 2 is 1.93 bits per heavy atom. The Kier molecular flexibility index (Phi) is 1.64. The van der Waals surface area contributed by atoms with Crippen LogP contribution < -0.4 is 5.73 Å². The number of hydrogen-bond donors (Lipinski definition) is 1. The van der Waals surface area contributed by atoms with Crippen LogP contribution in [0.25, 0.3) is 21.9 Å². The van der Waals surface area contributed by atoms with Crippen molar-refractivity contribution in [2.45, 2.75) is 0 Å². The fraction of sp³-hybridized carbons (Fsp3) is 0. The molecule has 15 heavy (non-hydrogen) atoms. The molecule has 2 N–H and O–H groups in total. The van der Waals surface area contributed by atoms with Crippen molar-refractivity contribution in [1.29, 1.82) is 0 Å². The van der Waals surface area contributed by atoms with Crippen LogP contribution in [-0.4, -0.2) is 4.98 Å². The minimum atomic E-state index is 0.164. The first-order chi connectivity index (χ1) is 7.25. The van der Waals surface area contributed by atoms with Gasteiger partial charge in [0.1, 0.15) is 5.52 Å². The summed E-state index contributed by atoms with van der Waals surface area (Å²) in [6, 6.07) is 9.66. The number of hydrogen-bond acceptors (Lipinski definition) is 3. The van der Waals surface area contributed by atoms with E-state index < -0.39 is 0 Å². The minimum absolute atomic E-state index is 0.164. The van der Waals surface area contributed by atoms with E-state index in [0.717, 1.165) is 10.8 Å². The van der Waals surface area contributed by atoms with Crippen LogP contribution in [0.5, 0.6) is 0 Å². The number of halogens is 1. The lowest BCUT2D eigenvalue weighted by Gasteiger charge is -1.99. The summed E-state index contributed by atoms with van der Waals surface area (Å²) < 4.78 is 5.34. The second-order valence-electron chi connectivity index (χ2n) is 3.30. The number of nitrogens with two attached hydrogens (primary N) is 1. The quantitative estimate of drug-likeness (QED) is 0.630. The molecule has 0 aliphatic rings. The summed E-state index contributed by atoms with van der Waals surface area (Å²) in [5, 5.41) is 2.54. The van der Waals surface area contributed by atoms with Gasteiger partial charge in [0.2, 0.25) is 0 Å². The molecule has 0 atom stereocenters. The fourth-order valence-electron chi connectivity index (χ4n) is 1.73. The van der Waals surface area contributed by atoms with Crippen molar-refractivity contribution in [1.82, 2.24) is 4.98 Å². The van der Waals surface area contributed by atoms with Crippen molar-refractivity contribution in [3.8, 4) is 0 Å². The summed E-state index contributed by atoms with van der Waals surface area (Å²) in [4.78, 5) is 4.05. The Morgan fingerprint density at radius 3 is 2.73 bits per heavy atom. The monoisotopic (exact) mass is 218 g/mol. The number of rotatable bonds is 0. The molecule has 0 aliphatic heterocycles. The molecule has 0 amide bonds. The Bertz CT molecular complexity index is 660. The average molecular weight is 219 g/mol. The maximum atomic E-state index is 6.12. The summed E-state index contributed by atoms with van der Waals surface area (Å²) in [5.41, 5.74) is 6.89. The van der Waals surface area contributed by atoms with Crippen LogP contribution >= 0.6 is 11.6 Å². The van der Waals surface area contributed by atoms with Crippen molar-refractivity contribution in [3.63, 3.8) is 0 Å². The maximum absolute atomic E-state index is 6.12. The molecule has 0 radical (unpaired) electrons. The number of nitrogen functional groups attached to an aromatic ring is 1. The van der Waals surface area contributed by atoms with Gasteiger partial charge in [-0.3, -0.25) is 0 Å². The van der Waals surface area contributed by atoms with Gasteiger partial charge in [-0.15, -0.1) is 0 Å². The molecule has 0 aliphatic carbocycles. The zero-order chi connectivity index (χ0) is 10.4. The van der Waals surface area contributed by atoms with Crippen molar-refractivity contribution in [2.24, 2.45) is 0 Å². The van der Waals surface area contributed by atoms with E-state index in [9.17, 15) is 0 Å². The molecule has 74 valence electrons. The van der Waals surface area contributed by atoms with Gasteiger partial charge in [0, 0.05) is 10.8 Å². The highest BCUT2D eigenvalue weighted by atomic mass is 35.5. The Morgan fingerprint density at radius 1 is 1.20 bits per heavy atom. The predicted molar refractivity (Wildman–Crippen MR) is 60.9 cm³/mol. The van der Waals surface area contributed by atoms with Gasteiger partial charge in [0.25, 0.3) is 6.01 Å². The Hall–Kier alpha value is -1.74. The second-order valence-corrected chi connectivity index (χ2v) is 3.71. The topological polar surface area (TPSA) is 52.0 Å². The molecule has 2 aromatic carbocycles. The maximum Gasteiger partial charge on any atom is 0.293 e. The average Bonchev–Trinajstić information content (AvgIpc) is 2.59. The van der Waals surface area contributed by atoms with E-state index >= 15 is 0 Å². The fourth-order valence-corrected chi connectivity index (χ4v) is 2.00. The van der Waals surface area contributed by atoms with Crippen LogP contribution in [0.4, 0.5) is 6.01 Å². The molecule has 1 aromatic heterocycles. The molecule has 3 aromatic rings. The minimum Gasteiger partial charge on any atom is -0.423 e. The first-order valence-electron chi connectivity index (χ1n) is 4.49. The van der Waals surface area contributed by atoms with Gasteiger partial charge in [0.15, 0.2) is 5.58 Å². The molecule has 3 nitrogen and oxygen atoms in total. The number of anilines is 1. The first kappa shape index (κ1) is 8.56. The van der Waals surface area contributed by atoms with E-state index in [1.807, 2.05) is 24.3 Å². The molecule has 0 saturated carbocycles. The van der Waals surface area contributed by atoms with Crippen molar-refractivity contribution in [3.05, 3.63) is 35.4 Å². The summed E-state index contributed by atoms with van der Waals surface area (Å²) in [7, 11) is 0. The van der Waals surface area contributed by atoms with Gasteiger partial charge in [-0.1, -0.05) is 35.9 Å². The predicted octanol–water partition coefficient (Wildman–Crippen LogP) is 3.22. The Balaban J connectivity index is 2.62. The number of nitrogens with zero attached hydrogens (tertiary/aromatic N) is 1. The SMILES string of the molecule is Nc1nc2cc(Cl)c3ccccc3c2o1. The van der Waals surface area contributed by atoms with Gasteiger partial charge in [0.05, 0.1) is 5.02 Å². The number of fused-ring (bicyclic) bond motifs is 3. The standard InChI is InChI=1S/C11H7ClN2O/c12-8-5-9-10(15-11(13)14-9)7-4-2-1-3-6(7)8/h1-5H,(H2,13,14). The highest BCUT2D eigenvalue weighted by molar-refractivity contribution is 6.37. The molecule has 0 bridgehead atoms. The first-order valence-corrected chi connectivity index (χ1v) is 4.87. The third-order valence-electron chi connectivity index (χ3n) is 2.36. The van der Waals surface area contributed by atoms with Gasteiger partial charge in [-0.25, -0.2) is 0 Å². The van der Waals surface area contributed by atoms with Crippen molar-refractivity contribution >= 4 is 39.5 Å². The van der Waals surface area contributed by atoms with Crippen molar-refractivity contribution in [2.75, 3.05) is 5.73 Å². The number of benzene rings is 2.